The molecule has 2 amide bonds. The number of hydrogen-bond donors (Lipinski definition) is 0. The molecule has 88 valence electrons. The Morgan fingerprint density at radius 2 is 1.67 bits per heavy atom. The van der Waals surface area contributed by atoms with Crippen molar-refractivity contribution in [1.82, 2.24) is 4.90 Å². The summed E-state index contributed by atoms with van der Waals surface area (Å²) in [6.07, 6.45) is 4.46. The normalized spacial score (nSPS) is 12.3. The van der Waals surface area contributed by atoms with Gasteiger partial charge in [0.15, 0.2) is 0 Å². The second-order valence-corrected chi connectivity index (χ2v) is 4.07. The molecule has 0 N–H and O–H groups in total. The van der Waals surface area contributed by atoms with E-state index < -0.39 is 0 Å². The molecule has 0 aliphatic rings. The maximum atomic E-state index is 11.2. The van der Waals surface area contributed by atoms with Crippen LogP contribution in [0.3, 0.4) is 0 Å². The fraction of sp³-hybridized carbons (Fsp3) is 0.833. The molecule has 0 aromatic carbocycles. The van der Waals surface area contributed by atoms with Crippen LogP contribution in [0.4, 0.5) is 0 Å². The molecule has 3 heteroatoms. The fourth-order valence-corrected chi connectivity index (χ4v) is 1.65. The van der Waals surface area contributed by atoms with E-state index >= 15 is 0 Å². The average Bonchev–Trinajstić information content (AvgIpc) is 2.17. The fourth-order valence-electron chi connectivity index (χ4n) is 1.65. The predicted octanol–water partition coefficient (Wildman–Crippen LogP) is 2.60. The predicted molar refractivity (Wildman–Crippen MR) is 61.4 cm³/mol. The lowest BCUT2D eigenvalue weighted by Gasteiger charge is -2.23. The van der Waals surface area contributed by atoms with Gasteiger partial charge in [0, 0.05) is 20.4 Å². The Hall–Kier alpha value is -0.860. The molecule has 0 fully saturated rings. The van der Waals surface area contributed by atoms with E-state index in [0.29, 0.717) is 12.5 Å². The van der Waals surface area contributed by atoms with Crippen LogP contribution in [0, 0.1) is 5.92 Å². The lowest BCUT2D eigenvalue weighted by Crippen LogP contribution is -2.37. The van der Waals surface area contributed by atoms with Gasteiger partial charge < -0.3 is 0 Å². The van der Waals surface area contributed by atoms with E-state index in [2.05, 4.69) is 13.8 Å². The molecule has 0 saturated heterocycles. The first-order valence-corrected chi connectivity index (χ1v) is 5.81. The van der Waals surface area contributed by atoms with Crippen LogP contribution in [-0.4, -0.2) is 23.3 Å². The van der Waals surface area contributed by atoms with Gasteiger partial charge in [-0.3, -0.25) is 14.5 Å². The summed E-state index contributed by atoms with van der Waals surface area (Å²) in [6.45, 7) is 7.75. The van der Waals surface area contributed by atoms with E-state index in [1.54, 1.807) is 0 Å². The molecule has 0 aromatic heterocycles. The molecular weight excluding hydrogens is 190 g/mol. The molecule has 0 radical (unpaired) electrons. The van der Waals surface area contributed by atoms with Crippen molar-refractivity contribution in [3.8, 4) is 0 Å². The molecule has 1 unspecified atom stereocenters. The van der Waals surface area contributed by atoms with E-state index in [1.807, 2.05) is 0 Å². The largest absolute Gasteiger partial charge is 0.283 e. The maximum absolute atomic E-state index is 11.2. The number of hydrogen-bond acceptors (Lipinski definition) is 2. The van der Waals surface area contributed by atoms with Gasteiger partial charge in [0.1, 0.15) is 0 Å². The van der Waals surface area contributed by atoms with E-state index in [-0.39, 0.29) is 11.8 Å². The zero-order valence-electron chi connectivity index (χ0n) is 10.4. The first kappa shape index (κ1) is 14.1. The Balaban J connectivity index is 4.22. The van der Waals surface area contributed by atoms with Crippen molar-refractivity contribution in [1.29, 1.82) is 0 Å². The Morgan fingerprint density at radius 3 is 2.00 bits per heavy atom. The Kier molecular flexibility index (Phi) is 7.01. The quantitative estimate of drug-likeness (QED) is 0.680. The van der Waals surface area contributed by atoms with Gasteiger partial charge in [-0.15, -0.1) is 0 Å². The summed E-state index contributed by atoms with van der Waals surface area (Å²) in [5.41, 5.74) is 0. The lowest BCUT2D eigenvalue weighted by molar-refractivity contribution is -0.142. The second kappa shape index (κ2) is 7.43. The molecule has 0 aromatic rings. The van der Waals surface area contributed by atoms with Crippen LogP contribution in [0.15, 0.2) is 0 Å². The van der Waals surface area contributed by atoms with Gasteiger partial charge in [-0.25, -0.2) is 0 Å². The Labute approximate surface area is 92.8 Å². The third-order valence-corrected chi connectivity index (χ3v) is 2.74. The van der Waals surface area contributed by atoms with Gasteiger partial charge in [0.2, 0.25) is 11.8 Å². The van der Waals surface area contributed by atoms with Crippen molar-refractivity contribution in [2.45, 2.75) is 53.4 Å². The minimum Gasteiger partial charge on any atom is -0.283 e. The maximum Gasteiger partial charge on any atom is 0.226 e. The highest BCUT2D eigenvalue weighted by molar-refractivity contribution is 5.92. The number of unbranched alkanes of at least 4 members (excludes halogenated alkanes) is 1. The monoisotopic (exact) mass is 213 g/mol. The molecule has 0 bridgehead atoms. The molecule has 15 heavy (non-hydrogen) atoms. The van der Waals surface area contributed by atoms with Crippen LogP contribution in [0.1, 0.15) is 53.4 Å². The van der Waals surface area contributed by atoms with Gasteiger partial charge in [0.25, 0.3) is 0 Å². The summed E-state index contributed by atoms with van der Waals surface area (Å²) >= 11 is 0. The van der Waals surface area contributed by atoms with Gasteiger partial charge in [-0.1, -0.05) is 33.1 Å². The minimum atomic E-state index is -0.141. The molecule has 3 nitrogen and oxygen atoms in total. The first-order valence-electron chi connectivity index (χ1n) is 5.81. The van der Waals surface area contributed by atoms with Gasteiger partial charge in [-0.05, 0) is 12.3 Å². The zero-order chi connectivity index (χ0) is 11.8. The van der Waals surface area contributed by atoms with Crippen molar-refractivity contribution in [3.63, 3.8) is 0 Å². The Morgan fingerprint density at radius 1 is 1.13 bits per heavy atom. The SMILES string of the molecule is CCCCC(CC)CN(C(C)=O)C(C)=O. The van der Waals surface area contributed by atoms with Crippen molar-refractivity contribution in [3.05, 3.63) is 0 Å². The van der Waals surface area contributed by atoms with Crippen LogP contribution in [0.25, 0.3) is 0 Å². The van der Waals surface area contributed by atoms with Crippen LogP contribution < -0.4 is 0 Å². The average molecular weight is 213 g/mol. The van der Waals surface area contributed by atoms with E-state index in [4.69, 9.17) is 0 Å². The summed E-state index contributed by atoms with van der Waals surface area (Å²) < 4.78 is 0. The van der Waals surface area contributed by atoms with Gasteiger partial charge in [-0.2, -0.15) is 0 Å². The number of carbonyl (C=O) groups is 2. The Bertz CT molecular complexity index is 200. The minimum absolute atomic E-state index is 0.141. The van der Waals surface area contributed by atoms with Gasteiger partial charge >= 0.3 is 0 Å². The van der Waals surface area contributed by atoms with Crippen molar-refractivity contribution >= 4 is 11.8 Å². The molecule has 0 heterocycles. The number of amides is 2. The van der Waals surface area contributed by atoms with Crippen LogP contribution in [0.5, 0.6) is 0 Å². The lowest BCUT2D eigenvalue weighted by atomic mass is 9.98. The molecular formula is C12H23NO2. The third kappa shape index (κ3) is 5.55. The number of imide groups is 1. The number of carbonyl (C=O) groups excluding carboxylic acids is 2. The molecule has 0 spiro atoms. The summed E-state index contributed by atoms with van der Waals surface area (Å²) in [7, 11) is 0. The summed E-state index contributed by atoms with van der Waals surface area (Å²) in [4.78, 5) is 23.8. The standard InChI is InChI=1S/C12H23NO2/c1-5-7-8-12(6-2)9-13(10(3)14)11(4)15/h12H,5-9H2,1-4H3. The molecule has 1 atom stereocenters. The first-order chi connectivity index (χ1) is 7.02. The van der Waals surface area contributed by atoms with E-state index in [9.17, 15) is 9.59 Å². The van der Waals surface area contributed by atoms with Crippen LogP contribution in [-0.2, 0) is 9.59 Å². The van der Waals surface area contributed by atoms with Crippen molar-refractivity contribution in [2.75, 3.05) is 6.54 Å². The zero-order valence-corrected chi connectivity index (χ0v) is 10.4. The van der Waals surface area contributed by atoms with E-state index in [0.717, 1.165) is 19.3 Å². The summed E-state index contributed by atoms with van der Waals surface area (Å²) in [5, 5.41) is 0. The highest BCUT2D eigenvalue weighted by atomic mass is 16.2. The highest BCUT2D eigenvalue weighted by Crippen LogP contribution is 2.14. The smallest absolute Gasteiger partial charge is 0.226 e. The number of rotatable bonds is 6. The van der Waals surface area contributed by atoms with Crippen LogP contribution >= 0.6 is 0 Å². The van der Waals surface area contributed by atoms with E-state index in [1.165, 1.54) is 25.2 Å². The molecule has 0 rings (SSSR count). The molecule has 0 aliphatic heterocycles. The topological polar surface area (TPSA) is 37.4 Å². The van der Waals surface area contributed by atoms with Crippen molar-refractivity contribution in [2.24, 2.45) is 5.92 Å². The number of nitrogens with zero attached hydrogens (tertiary/aromatic N) is 1. The highest BCUT2D eigenvalue weighted by Gasteiger charge is 2.17. The van der Waals surface area contributed by atoms with Crippen molar-refractivity contribution < 1.29 is 9.59 Å². The van der Waals surface area contributed by atoms with Crippen LogP contribution in [0.2, 0.25) is 0 Å². The molecule has 0 aliphatic carbocycles. The third-order valence-electron chi connectivity index (χ3n) is 2.74. The summed E-state index contributed by atoms with van der Waals surface area (Å²) in [6, 6.07) is 0. The summed E-state index contributed by atoms with van der Waals surface area (Å²) in [5.74, 6) is 0.174. The molecule has 0 saturated carbocycles. The second-order valence-electron chi connectivity index (χ2n) is 4.07. The van der Waals surface area contributed by atoms with Gasteiger partial charge in [0.05, 0.1) is 0 Å².